The molecule has 1 aromatic carbocycles. The summed E-state index contributed by atoms with van der Waals surface area (Å²) < 4.78 is 10.3. The van der Waals surface area contributed by atoms with Gasteiger partial charge < -0.3 is 9.30 Å². The topological polar surface area (TPSA) is 71.0 Å². The summed E-state index contributed by atoms with van der Waals surface area (Å²) in [6.07, 6.45) is -0.336. The second-order valence-corrected chi connectivity index (χ2v) is 5.66. The van der Waals surface area contributed by atoms with E-state index < -0.39 is 0 Å². The van der Waals surface area contributed by atoms with Gasteiger partial charge in [-0.05, 0) is 5.56 Å². The minimum atomic E-state index is -0.380. The Labute approximate surface area is 131 Å². The van der Waals surface area contributed by atoms with Crippen LogP contribution < -0.4 is 11.2 Å². The van der Waals surface area contributed by atoms with E-state index in [-0.39, 0.29) is 17.4 Å². The number of nitrogens with zero attached hydrogens (tertiary/aromatic N) is 4. The Morgan fingerprint density at radius 3 is 2.61 bits per heavy atom. The smallest absolute Gasteiger partial charge is 0.332 e. The maximum absolute atomic E-state index is 12.5. The number of aryl methyl sites for hydroxylation is 1. The van der Waals surface area contributed by atoms with Crippen LogP contribution in [0.1, 0.15) is 17.5 Å². The zero-order chi connectivity index (χ0) is 16.1. The summed E-state index contributed by atoms with van der Waals surface area (Å²) in [4.78, 5) is 29.2. The number of aromatic nitrogens is 4. The van der Waals surface area contributed by atoms with E-state index in [0.29, 0.717) is 30.1 Å². The quantitative estimate of drug-likeness (QED) is 0.658. The number of fused-ring (bicyclic) bond motifs is 3. The van der Waals surface area contributed by atoms with Crippen LogP contribution in [0, 0.1) is 0 Å². The zero-order valence-electron chi connectivity index (χ0n) is 12.9. The van der Waals surface area contributed by atoms with Crippen molar-refractivity contribution < 1.29 is 4.74 Å². The lowest BCUT2D eigenvalue weighted by atomic mass is 10.1. The van der Waals surface area contributed by atoms with Crippen LogP contribution in [-0.4, -0.2) is 25.3 Å². The third-order valence-corrected chi connectivity index (χ3v) is 4.31. The fraction of sp³-hybridized carbons (Fsp3) is 0.312. The number of benzene rings is 1. The van der Waals surface area contributed by atoms with Gasteiger partial charge in [-0.3, -0.25) is 13.9 Å². The van der Waals surface area contributed by atoms with E-state index >= 15 is 0 Å². The molecule has 2 aromatic heterocycles. The summed E-state index contributed by atoms with van der Waals surface area (Å²) in [6, 6.07) is 9.76. The van der Waals surface area contributed by atoms with Crippen molar-refractivity contribution in [2.75, 3.05) is 6.61 Å². The Kier molecular flexibility index (Phi) is 2.99. The molecule has 1 aliphatic rings. The van der Waals surface area contributed by atoms with Crippen molar-refractivity contribution in [3.05, 3.63) is 62.6 Å². The molecular weight excluding hydrogens is 296 g/mol. The molecule has 1 aliphatic heterocycles. The van der Waals surface area contributed by atoms with Crippen LogP contribution >= 0.6 is 0 Å². The van der Waals surface area contributed by atoms with Crippen LogP contribution in [0.5, 0.6) is 0 Å². The van der Waals surface area contributed by atoms with E-state index in [2.05, 4.69) is 4.98 Å². The Balaban J connectivity index is 2.05. The molecule has 0 radical (unpaired) electrons. The van der Waals surface area contributed by atoms with E-state index in [1.165, 1.54) is 11.6 Å². The Morgan fingerprint density at radius 2 is 1.87 bits per heavy atom. The lowest BCUT2D eigenvalue weighted by Gasteiger charge is -2.24. The van der Waals surface area contributed by atoms with Crippen molar-refractivity contribution in [3.8, 4) is 0 Å². The van der Waals surface area contributed by atoms with Crippen molar-refractivity contribution in [2.24, 2.45) is 14.1 Å². The Bertz CT molecular complexity index is 1010. The minimum Gasteiger partial charge on any atom is -0.364 e. The molecule has 0 spiro atoms. The van der Waals surface area contributed by atoms with Crippen LogP contribution in [-0.2, 0) is 25.4 Å². The second-order valence-electron chi connectivity index (χ2n) is 5.66. The first-order valence-corrected chi connectivity index (χ1v) is 7.42. The summed E-state index contributed by atoms with van der Waals surface area (Å²) in [7, 11) is 3.11. The van der Waals surface area contributed by atoms with E-state index in [1.807, 2.05) is 34.9 Å². The van der Waals surface area contributed by atoms with Gasteiger partial charge in [-0.1, -0.05) is 30.3 Å². The molecule has 0 aliphatic carbocycles. The first kappa shape index (κ1) is 14.0. The number of imidazole rings is 1. The number of ether oxygens (including phenoxy) is 1. The third kappa shape index (κ3) is 1.90. The van der Waals surface area contributed by atoms with Crippen LogP contribution in [0.4, 0.5) is 0 Å². The van der Waals surface area contributed by atoms with Crippen LogP contribution in [0.25, 0.3) is 11.2 Å². The van der Waals surface area contributed by atoms with Gasteiger partial charge in [0.15, 0.2) is 11.2 Å². The summed E-state index contributed by atoms with van der Waals surface area (Å²) in [5.74, 6) is 0.663. The highest BCUT2D eigenvalue weighted by molar-refractivity contribution is 5.71. The Hall–Kier alpha value is -2.67. The Morgan fingerprint density at radius 1 is 1.13 bits per heavy atom. The van der Waals surface area contributed by atoms with Gasteiger partial charge in [0.1, 0.15) is 11.9 Å². The van der Waals surface area contributed by atoms with Crippen LogP contribution in [0.2, 0.25) is 0 Å². The maximum atomic E-state index is 12.5. The van der Waals surface area contributed by atoms with Gasteiger partial charge in [0.2, 0.25) is 0 Å². The molecular formula is C16H16N4O3. The molecule has 7 heteroatoms. The van der Waals surface area contributed by atoms with Crippen molar-refractivity contribution in [3.63, 3.8) is 0 Å². The first-order valence-electron chi connectivity index (χ1n) is 7.42. The summed E-state index contributed by atoms with van der Waals surface area (Å²) in [5.41, 5.74) is 1.13. The fourth-order valence-corrected chi connectivity index (χ4v) is 3.10. The molecule has 3 heterocycles. The average molecular weight is 312 g/mol. The van der Waals surface area contributed by atoms with Gasteiger partial charge >= 0.3 is 5.69 Å². The molecule has 1 atom stereocenters. The highest BCUT2D eigenvalue weighted by Crippen LogP contribution is 2.30. The molecule has 7 nitrogen and oxygen atoms in total. The first-order chi connectivity index (χ1) is 11.1. The molecule has 0 saturated heterocycles. The number of hydrogen-bond donors (Lipinski definition) is 0. The van der Waals surface area contributed by atoms with Gasteiger partial charge in [0, 0.05) is 20.6 Å². The standard InChI is InChI=1S/C16H16N4O3/c1-18-13-11(15(21)19(2)16(18)22)20-8-9-23-12(14(20)17-13)10-6-4-3-5-7-10/h3-7,12H,8-9H2,1-2H3. The van der Waals surface area contributed by atoms with Crippen LogP contribution in [0.15, 0.2) is 39.9 Å². The summed E-state index contributed by atoms with van der Waals surface area (Å²) in [5, 5.41) is 0. The largest absolute Gasteiger partial charge is 0.364 e. The van der Waals surface area contributed by atoms with Gasteiger partial charge in [0.25, 0.3) is 5.56 Å². The fourth-order valence-electron chi connectivity index (χ4n) is 3.10. The van der Waals surface area contributed by atoms with Crippen molar-refractivity contribution >= 4 is 11.2 Å². The molecule has 23 heavy (non-hydrogen) atoms. The highest BCUT2D eigenvalue weighted by Gasteiger charge is 2.29. The van der Waals surface area contributed by atoms with Crippen molar-refractivity contribution in [2.45, 2.75) is 12.6 Å². The summed E-state index contributed by atoms with van der Waals surface area (Å²) >= 11 is 0. The molecule has 0 fully saturated rings. The number of rotatable bonds is 1. The normalized spacial score (nSPS) is 17.4. The minimum absolute atomic E-state index is 0.324. The van der Waals surface area contributed by atoms with E-state index in [0.717, 1.165) is 10.1 Å². The van der Waals surface area contributed by atoms with Crippen LogP contribution in [0.3, 0.4) is 0 Å². The molecule has 0 bridgehead atoms. The van der Waals surface area contributed by atoms with Gasteiger partial charge in [-0.15, -0.1) is 0 Å². The van der Waals surface area contributed by atoms with E-state index in [1.54, 1.807) is 7.05 Å². The zero-order valence-corrected chi connectivity index (χ0v) is 12.9. The monoisotopic (exact) mass is 312 g/mol. The lowest BCUT2D eigenvalue weighted by Crippen LogP contribution is -2.37. The predicted octanol–water partition coefficient (Wildman–Crippen LogP) is 0.553. The molecule has 3 aromatic rings. The molecule has 1 unspecified atom stereocenters. The van der Waals surface area contributed by atoms with Gasteiger partial charge in [0.05, 0.1) is 6.61 Å². The van der Waals surface area contributed by atoms with E-state index in [4.69, 9.17) is 4.74 Å². The van der Waals surface area contributed by atoms with Crippen molar-refractivity contribution in [1.29, 1.82) is 0 Å². The average Bonchev–Trinajstić information content (AvgIpc) is 2.98. The molecule has 0 amide bonds. The summed E-state index contributed by atoms with van der Waals surface area (Å²) in [6.45, 7) is 1.03. The van der Waals surface area contributed by atoms with E-state index in [9.17, 15) is 9.59 Å². The predicted molar refractivity (Wildman–Crippen MR) is 84.5 cm³/mol. The second kappa shape index (κ2) is 4.92. The molecule has 0 saturated carbocycles. The molecule has 118 valence electrons. The lowest BCUT2D eigenvalue weighted by molar-refractivity contribution is 0.0442. The molecule has 4 rings (SSSR count). The van der Waals surface area contributed by atoms with Gasteiger partial charge in [-0.2, -0.15) is 0 Å². The maximum Gasteiger partial charge on any atom is 0.332 e. The van der Waals surface area contributed by atoms with Crippen molar-refractivity contribution in [1.82, 2.24) is 18.7 Å². The SMILES string of the molecule is Cn1c(=O)c2c(nc3n2CCOC3c2ccccc2)n(C)c1=O. The highest BCUT2D eigenvalue weighted by atomic mass is 16.5. The van der Waals surface area contributed by atoms with Gasteiger partial charge in [-0.25, -0.2) is 9.78 Å². The number of hydrogen-bond acceptors (Lipinski definition) is 4. The molecule has 0 N–H and O–H groups in total. The third-order valence-electron chi connectivity index (χ3n) is 4.31.